The SMILES string of the molecule is CN(CCC(C)(C)O)C(=O)c1csc2nc(-c3cccc(F)c3)cn12. The van der Waals surface area contributed by atoms with Gasteiger partial charge in [0.05, 0.1) is 11.3 Å². The number of imidazole rings is 1. The average molecular weight is 361 g/mol. The van der Waals surface area contributed by atoms with Crippen LogP contribution in [0.5, 0.6) is 0 Å². The third kappa shape index (κ3) is 3.88. The molecule has 0 radical (unpaired) electrons. The zero-order valence-electron chi connectivity index (χ0n) is 14.4. The summed E-state index contributed by atoms with van der Waals surface area (Å²) in [6.07, 6.45) is 2.23. The van der Waals surface area contributed by atoms with Gasteiger partial charge in [-0.05, 0) is 32.4 Å². The van der Waals surface area contributed by atoms with Crippen molar-refractivity contribution < 1.29 is 14.3 Å². The van der Waals surface area contributed by atoms with Crippen molar-refractivity contribution in [3.63, 3.8) is 0 Å². The molecule has 5 nitrogen and oxygen atoms in total. The highest BCUT2D eigenvalue weighted by Gasteiger charge is 2.21. The third-order valence-electron chi connectivity index (χ3n) is 3.95. The van der Waals surface area contributed by atoms with Gasteiger partial charge in [-0.1, -0.05) is 12.1 Å². The Bertz CT molecular complexity index is 911. The van der Waals surface area contributed by atoms with Gasteiger partial charge in [0, 0.05) is 30.7 Å². The van der Waals surface area contributed by atoms with Crippen LogP contribution in [0.2, 0.25) is 0 Å². The first kappa shape index (κ1) is 17.6. The predicted octanol–water partition coefficient (Wildman–Crippen LogP) is 3.43. The molecule has 132 valence electrons. The second-order valence-corrected chi connectivity index (χ2v) is 7.54. The molecule has 25 heavy (non-hydrogen) atoms. The minimum atomic E-state index is -0.821. The molecular weight excluding hydrogens is 341 g/mol. The molecule has 0 fully saturated rings. The second-order valence-electron chi connectivity index (χ2n) is 6.70. The molecule has 0 saturated carbocycles. The van der Waals surface area contributed by atoms with E-state index in [4.69, 9.17) is 0 Å². The van der Waals surface area contributed by atoms with E-state index in [9.17, 15) is 14.3 Å². The van der Waals surface area contributed by atoms with Gasteiger partial charge in [-0.25, -0.2) is 9.37 Å². The fourth-order valence-electron chi connectivity index (χ4n) is 2.46. The van der Waals surface area contributed by atoms with Crippen LogP contribution in [-0.4, -0.2) is 44.5 Å². The summed E-state index contributed by atoms with van der Waals surface area (Å²) in [6, 6.07) is 6.22. The summed E-state index contributed by atoms with van der Waals surface area (Å²) in [4.78, 5) is 19.4. The van der Waals surface area contributed by atoms with Crippen molar-refractivity contribution in [1.82, 2.24) is 14.3 Å². The van der Waals surface area contributed by atoms with Gasteiger partial charge in [0.1, 0.15) is 11.5 Å². The Labute approximate surface area is 149 Å². The number of benzene rings is 1. The molecule has 7 heteroatoms. The van der Waals surface area contributed by atoms with Crippen molar-refractivity contribution in [2.24, 2.45) is 0 Å². The number of thiazole rings is 1. The Morgan fingerprint density at radius 2 is 2.20 bits per heavy atom. The van der Waals surface area contributed by atoms with Crippen LogP contribution < -0.4 is 0 Å². The summed E-state index contributed by atoms with van der Waals surface area (Å²) < 4.78 is 15.1. The van der Waals surface area contributed by atoms with Crippen LogP contribution in [0.1, 0.15) is 30.8 Å². The lowest BCUT2D eigenvalue weighted by molar-refractivity contribution is 0.0542. The van der Waals surface area contributed by atoms with Crippen LogP contribution >= 0.6 is 11.3 Å². The normalized spacial score (nSPS) is 11.9. The highest BCUT2D eigenvalue weighted by atomic mass is 32.1. The van der Waals surface area contributed by atoms with Crippen LogP contribution in [0.4, 0.5) is 4.39 Å². The summed E-state index contributed by atoms with van der Waals surface area (Å²) in [5.41, 5.74) is 0.982. The molecule has 2 heterocycles. The number of carbonyl (C=O) groups excluding carboxylic acids is 1. The van der Waals surface area contributed by atoms with Gasteiger partial charge >= 0.3 is 0 Å². The van der Waals surface area contributed by atoms with Gasteiger partial charge < -0.3 is 10.0 Å². The maximum absolute atomic E-state index is 13.4. The number of carbonyl (C=O) groups is 1. The van der Waals surface area contributed by atoms with E-state index >= 15 is 0 Å². The molecule has 0 bridgehead atoms. The molecule has 0 saturated heterocycles. The molecule has 0 aliphatic heterocycles. The Morgan fingerprint density at radius 3 is 2.88 bits per heavy atom. The molecule has 3 rings (SSSR count). The molecule has 0 atom stereocenters. The van der Waals surface area contributed by atoms with Crippen molar-refractivity contribution in [2.45, 2.75) is 25.9 Å². The lowest BCUT2D eigenvalue weighted by atomic mass is 10.1. The monoisotopic (exact) mass is 361 g/mol. The van der Waals surface area contributed by atoms with Crippen molar-refractivity contribution in [2.75, 3.05) is 13.6 Å². The largest absolute Gasteiger partial charge is 0.390 e. The number of amides is 1. The van der Waals surface area contributed by atoms with Crippen molar-refractivity contribution in [1.29, 1.82) is 0 Å². The highest BCUT2D eigenvalue weighted by molar-refractivity contribution is 7.15. The third-order valence-corrected chi connectivity index (χ3v) is 4.79. The number of aliphatic hydroxyl groups is 1. The summed E-state index contributed by atoms with van der Waals surface area (Å²) in [7, 11) is 1.71. The molecule has 0 aliphatic carbocycles. The number of fused-ring (bicyclic) bond motifs is 1. The molecule has 3 aromatic rings. The maximum atomic E-state index is 13.4. The molecule has 0 spiro atoms. The van der Waals surface area contributed by atoms with Gasteiger partial charge in [-0.2, -0.15) is 0 Å². The Balaban J connectivity index is 1.86. The van der Waals surface area contributed by atoms with Gasteiger partial charge in [0.25, 0.3) is 5.91 Å². The first-order chi connectivity index (χ1) is 11.7. The fraction of sp³-hybridized carbons (Fsp3) is 0.333. The number of hydrogen-bond donors (Lipinski definition) is 1. The number of aromatic nitrogens is 2. The van der Waals surface area contributed by atoms with Gasteiger partial charge in [0.2, 0.25) is 0 Å². The summed E-state index contributed by atoms with van der Waals surface area (Å²) >= 11 is 1.36. The lowest BCUT2D eigenvalue weighted by Crippen LogP contribution is -2.33. The second kappa shape index (κ2) is 6.57. The Kier molecular flexibility index (Phi) is 4.62. The quantitative estimate of drug-likeness (QED) is 0.757. The lowest BCUT2D eigenvalue weighted by Gasteiger charge is -2.22. The zero-order valence-corrected chi connectivity index (χ0v) is 15.2. The summed E-state index contributed by atoms with van der Waals surface area (Å²) in [5.74, 6) is -0.463. The van der Waals surface area contributed by atoms with Crippen LogP contribution in [0.3, 0.4) is 0 Å². The summed E-state index contributed by atoms with van der Waals surface area (Å²) in [5, 5.41) is 11.6. The van der Waals surface area contributed by atoms with E-state index in [0.29, 0.717) is 34.9 Å². The number of hydrogen-bond acceptors (Lipinski definition) is 4. The fourth-order valence-corrected chi connectivity index (χ4v) is 3.31. The van der Waals surface area contributed by atoms with Crippen molar-refractivity contribution in [3.05, 3.63) is 47.4 Å². The number of rotatable bonds is 5. The van der Waals surface area contributed by atoms with Gasteiger partial charge in [-0.3, -0.25) is 9.20 Å². The summed E-state index contributed by atoms with van der Waals surface area (Å²) in [6.45, 7) is 3.88. The topological polar surface area (TPSA) is 57.8 Å². The van der Waals surface area contributed by atoms with E-state index < -0.39 is 5.60 Å². The first-order valence-corrected chi connectivity index (χ1v) is 8.83. The predicted molar refractivity (Wildman–Crippen MR) is 96.3 cm³/mol. The van der Waals surface area contributed by atoms with Crippen LogP contribution in [-0.2, 0) is 0 Å². The Hall–Kier alpha value is -2.25. The van der Waals surface area contributed by atoms with E-state index in [0.717, 1.165) is 0 Å². The van der Waals surface area contributed by atoms with E-state index in [-0.39, 0.29) is 11.7 Å². The smallest absolute Gasteiger partial charge is 0.271 e. The first-order valence-electron chi connectivity index (χ1n) is 7.95. The standard InChI is InChI=1S/C18H20FN3O2S/c1-18(2,24)7-8-21(3)16(23)15-11-25-17-20-14(10-22(15)17)12-5-4-6-13(19)9-12/h4-6,9-11,24H,7-8H2,1-3H3. The zero-order chi connectivity index (χ0) is 18.2. The van der Waals surface area contributed by atoms with E-state index in [1.165, 1.54) is 23.5 Å². The van der Waals surface area contributed by atoms with Crippen LogP contribution in [0.25, 0.3) is 16.2 Å². The van der Waals surface area contributed by atoms with E-state index in [1.54, 1.807) is 53.9 Å². The molecule has 1 amide bonds. The van der Waals surface area contributed by atoms with Gasteiger partial charge in [-0.15, -0.1) is 11.3 Å². The highest BCUT2D eigenvalue weighted by Crippen LogP contribution is 2.25. The van der Waals surface area contributed by atoms with Crippen molar-refractivity contribution in [3.8, 4) is 11.3 Å². The minimum Gasteiger partial charge on any atom is -0.390 e. The molecule has 1 N–H and O–H groups in total. The molecule has 0 aliphatic rings. The molecular formula is C18H20FN3O2S. The Morgan fingerprint density at radius 1 is 1.44 bits per heavy atom. The average Bonchev–Trinajstić information content (AvgIpc) is 3.11. The number of halogens is 1. The van der Waals surface area contributed by atoms with E-state index in [2.05, 4.69) is 4.98 Å². The van der Waals surface area contributed by atoms with Crippen molar-refractivity contribution >= 4 is 22.2 Å². The molecule has 2 aromatic heterocycles. The minimum absolute atomic E-state index is 0.140. The van der Waals surface area contributed by atoms with Gasteiger partial charge in [0.15, 0.2) is 4.96 Å². The maximum Gasteiger partial charge on any atom is 0.271 e. The number of nitrogens with zero attached hydrogens (tertiary/aromatic N) is 3. The van der Waals surface area contributed by atoms with Crippen LogP contribution in [0, 0.1) is 5.82 Å². The molecule has 1 aromatic carbocycles. The van der Waals surface area contributed by atoms with Crippen LogP contribution in [0.15, 0.2) is 35.8 Å². The molecule has 0 unspecified atom stereocenters. The van der Waals surface area contributed by atoms with E-state index in [1.807, 2.05) is 0 Å².